The quantitative estimate of drug-likeness (QED) is 0.215. The van der Waals surface area contributed by atoms with Gasteiger partial charge in [-0.15, -0.1) is 11.8 Å². The number of thioether (sulfide) groups is 1. The minimum atomic E-state index is -0.355. The molecule has 1 N–H and O–H groups in total. The van der Waals surface area contributed by atoms with Crippen molar-refractivity contribution >= 4 is 72.5 Å². The first-order valence-corrected chi connectivity index (χ1v) is 17.6. The van der Waals surface area contributed by atoms with Crippen LogP contribution in [0.3, 0.4) is 0 Å². The summed E-state index contributed by atoms with van der Waals surface area (Å²) in [6.07, 6.45) is 0.840. The maximum Gasteiger partial charge on any atom is 0.305 e. The van der Waals surface area contributed by atoms with Crippen molar-refractivity contribution in [3.05, 3.63) is 107 Å². The van der Waals surface area contributed by atoms with Gasteiger partial charge < -0.3 is 9.72 Å². The molecule has 2 aliphatic carbocycles. The highest BCUT2D eigenvalue weighted by Crippen LogP contribution is 2.69. The van der Waals surface area contributed by atoms with Gasteiger partial charge in [0.1, 0.15) is 12.4 Å². The SMILES string of the molecule is Cc1cccc(COc2ccc(Br)cc2C2c3sc(=O)[nH]c3SC3C2[C@H]2C[C@@H]3C3C(=O)N(c4ccc(Br)cc4)C(=O)C32)c1. The predicted octanol–water partition coefficient (Wildman–Crippen LogP) is 7.53. The average molecular weight is 739 g/mol. The monoisotopic (exact) mass is 736 g/mol. The van der Waals surface area contributed by atoms with Gasteiger partial charge in [-0.2, -0.15) is 0 Å². The van der Waals surface area contributed by atoms with Gasteiger partial charge >= 0.3 is 4.87 Å². The third-order valence-corrected chi connectivity index (χ3v) is 13.2. The topological polar surface area (TPSA) is 79.5 Å². The number of ether oxygens (including phenoxy) is 1. The Bertz CT molecular complexity index is 1850. The zero-order valence-corrected chi connectivity index (χ0v) is 27.8. The van der Waals surface area contributed by atoms with E-state index < -0.39 is 0 Å². The second kappa shape index (κ2) is 10.5. The first-order valence-electron chi connectivity index (χ1n) is 14.3. The van der Waals surface area contributed by atoms with Crippen LogP contribution in [0.25, 0.3) is 0 Å². The lowest BCUT2D eigenvalue weighted by atomic mass is 9.68. The molecule has 1 aromatic heterocycles. The number of aryl methyl sites for hydroxylation is 1. The largest absolute Gasteiger partial charge is 0.489 e. The highest BCUT2D eigenvalue weighted by Gasteiger charge is 2.69. The molecule has 2 saturated carbocycles. The van der Waals surface area contributed by atoms with Crippen molar-refractivity contribution in [2.75, 3.05) is 4.90 Å². The fourth-order valence-corrected chi connectivity index (χ4v) is 11.6. The lowest BCUT2D eigenvalue weighted by molar-refractivity contribution is -0.123. The molecule has 1 saturated heterocycles. The minimum Gasteiger partial charge on any atom is -0.489 e. The number of fused-ring (bicyclic) bond motifs is 9. The standard InChI is InChI=1S/C33H26Br2N2O4S2/c1-15-3-2-4-16(11-15)14-41-23-10-7-18(35)12-20(23)24-25-21-13-22(28(25)42-30-29(24)43-33(40)36-30)27-26(21)31(38)37(32(27)39)19-8-5-17(34)6-9-19/h2-12,21-22,24-28H,13-14H2,1H3,(H,36,40)/t21-,22-,24?,25?,26?,27?,28?/m1/s1. The molecule has 5 unspecified atom stereocenters. The number of carbonyl (C=O) groups is 2. The molecule has 0 radical (unpaired) electrons. The summed E-state index contributed by atoms with van der Waals surface area (Å²) in [6, 6.07) is 21.8. The van der Waals surface area contributed by atoms with Crippen LogP contribution in [0.4, 0.5) is 5.69 Å². The third-order valence-electron chi connectivity index (χ3n) is 9.59. The van der Waals surface area contributed by atoms with Gasteiger partial charge in [-0.3, -0.25) is 19.3 Å². The number of aromatic amines is 1. The van der Waals surface area contributed by atoms with Crippen LogP contribution in [-0.4, -0.2) is 22.0 Å². The van der Waals surface area contributed by atoms with Gasteiger partial charge in [-0.1, -0.05) is 73.0 Å². The van der Waals surface area contributed by atoms with E-state index in [1.165, 1.54) is 21.8 Å². The van der Waals surface area contributed by atoms with E-state index in [4.69, 9.17) is 4.74 Å². The van der Waals surface area contributed by atoms with Crippen molar-refractivity contribution < 1.29 is 14.3 Å². The second-order valence-electron chi connectivity index (χ2n) is 11.9. The number of carbonyl (C=O) groups excluding carboxylic acids is 2. The molecule has 2 bridgehead atoms. The maximum atomic E-state index is 14.0. The number of nitrogens with one attached hydrogen (secondary N) is 1. The highest BCUT2D eigenvalue weighted by atomic mass is 79.9. The molecule has 10 heteroatoms. The van der Waals surface area contributed by atoms with Gasteiger partial charge in [0.15, 0.2) is 0 Å². The summed E-state index contributed by atoms with van der Waals surface area (Å²) >= 11 is 10.1. The Morgan fingerprint density at radius 1 is 0.930 bits per heavy atom. The molecule has 43 heavy (non-hydrogen) atoms. The average Bonchev–Trinajstić information content (AvgIpc) is 3.72. The zero-order chi connectivity index (χ0) is 29.6. The van der Waals surface area contributed by atoms with E-state index in [0.29, 0.717) is 12.3 Å². The number of aromatic nitrogens is 1. The molecule has 0 spiro atoms. The molecule has 6 nitrogen and oxygen atoms in total. The number of hydrogen-bond acceptors (Lipinski definition) is 6. The summed E-state index contributed by atoms with van der Waals surface area (Å²) in [5, 5.41) is 0.996. The molecule has 7 atom stereocenters. The summed E-state index contributed by atoms with van der Waals surface area (Å²) < 4.78 is 8.33. The van der Waals surface area contributed by atoms with Crippen molar-refractivity contribution in [1.29, 1.82) is 0 Å². The van der Waals surface area contributed by atoms with Gasteiger partial charge in [0.2, 0.25) is 11.8 Å². The number of hydrogen-bond donors (Lipinski definition) is 1. The van der Waals surface area contributed by atoms with Crippen molar-refractivity contribution in [3.63, 3.8) is 0 Å². The smallest absolute Gasteiger partial charge is 0.305 e. The predicted molar refractivity (Wildman–Crippen MR) is 175 cm³/mol. The summed E-state index contributed by atoms with van der Waals surface area (Å²) in [6.45, 7) is 2.49. The molecule has 3 heterocycles. The minimum absolute atomic E-state index is 0.0309. The molecular weight excluding hydrogens is 712 g/mol. The number of amides is 2. The van der Waals surface area contributed by atoms with Crippen LogP contribution in [-0.2, 0) is 16.2 Å². The number of imide groups is 1. The Hall–Kier alpha value is -2.66. The number of anilines is 1. The molecular formula is C33H26Br2N2O4S2. The molecule has 3 aromatic carbocycles. The molecule has 2 aliphatic heterocycles. The van der Waals surface area contributed by atoms with Crippen molar-refractivity contribution in [3.8, 4) is 5.75 Å². The van der Waals surface area contributed by atoms with Crippen molar-refractivity contribution in [2.45, 2.75) is 36.1 Å². The molecule has 2 amide bonds. The van der Waals surface area contributed by atoms with Crippen LogP contribution in [0.5, 0.6) is 5.75 Å². The van der Waals surface area contributed by atoms with E-state index in [2.05, 4.69) is 68.0 Å². The van der Waals surface area contributed by atoms with Crippen molar-refractivity contribution in [1.82, 2.24) is 4.98 Å². The number of benzene rings is 3. The fourth-order valence-electron chi connectivity index (χ4n) is 8.07. The second-order valence-corrected chi connectivity index (χ2v) is 15.9. The van der Waals surface area contributed by atoms with Gasteiger partial charge in [-0.05, 0) is 79.1 Å². The van der Waals surface area contributed by atoms with Crippen LogP contribution >= 0.6 is 55.0 Å². The van der Waals surface area contributed by atoms with Gasteiger partial charge in [0, 0.05) is 30.6 Å². The first kappa shape index (κ1) is 27.9. The van der Waals surface area contributed by atoms with Crippen LogP contribution in [0, 0.1) is 36.5 Å². The van der Waals surface area contributed by atoms with Crippen LogP contribution in [0.15, 0.2) is 85.5 Å². The Morgan fingerprint density at radius 2 is 1.67 bits per heavy atom. The summed E-state index contributed by atoms with van der Waals surface area (Å²) in [4.78, 5) is 46.1. The summed E-state index contributed by atoms with van der Waals surface area (Å²) in [5.74, 6) is -0.0402. The van der Waals surface area contributed by atoms with E-state index in [1.54, 1.807) is 11.8 Å². The number of halogens is 2. The normalized spacial score (nSPS) is 28.6. The third kappa shape index (κ3) is 4.42. The number of H-pyrrole nitrogens is 1. The number of nitrogens with zero attached hydrogens (tertiary/aromatic N) is 1. The molecule has 8 rings (SSSR count). The zero-order valence-electron chi connectivity index (χ0n) is 23.0. The fraction of sp³-hybridized carbons (Fsp3) is 0.303. The maximum absolute atomic E-state index is 14.0. The van der Waals surface area contributed by atoms with Gasteiger partial charge in [0.25, 0.3) is 0 Å². The van der Waals surface area contributed by atoms with E-state index >= 15 is 0 Å². The lowest BCUT2D eigenvalue weighted by Gasteiger charge is -2.43. The number of rotatable bonds is 5. The van der Waals surface area contributed by atoms with Crippen LogP contribution < -0.4 is 14.5 Å². The van der Waals surface area contributed by atoms with E-state index in [9.17, 15) is 14.4 Å². The van der Waals surface area contributed by atoms with Crippen LogP contribution in [0.1, 0.15) is 33.9 Å². The summed E-state index contributed by atoms with van der Waals surface area (Å²) in [5.41, 5.74) is 3.90. The summed E-state index contributed by atoms with van der Waals surface area (Å²) in [7, 11) is 0. The molecule has 4 aromatic rings. The van der Waals surface area contributed by atoms with E-state index in [-0.39, 0.29) is 57.4 Å². The van der Waals surface area contributed by atoms with E-state index in [0.717, 1.165) is 42.1 Å². The molecule has 4 aliphatic rings. The van der Waals surface area contributed by atoms with Crippen molar-refractivity contribution in [2.24, 2.45) is 29.6 Å². The molecule has 218 valence electrons. The Kier molecular flexibility index (Phi) is 6.78. The highest BCUT2D eigenvalue weighted by molar-refractivity contribution is 9.10. The van der Waals surface area contributed by atoms with Crippen LogP contribution in [0.2, 0.25) is 0 Å². The Labute approximate surface area is 273 Å². The van der Waals surface area contributed by atoms with E-state index in [1.807, 2.05) is 42.5 Å². The Balaban J connectivity index is 1.20. The number of thiazole rings is 1. The van der Waals surface area contributed by atoms with Gasteiger partial charge in [-0.25, -0.2) is 0 Å². The first-order chi connectivity index (χ1) is 20.8. The lowest BCUT2D eigenvalue weighted by Crippen LogP contribution is -2.42. The van der Waals surface area contributed by atoms with Gasteiger partial charge in [0.05, 0.1) is 22.5 Å². The molecule has 3 fully saturated rings. The Morgan fingerprint density at radius 3 is 2.44 bits per heavy atom.